The first-order valence-corrected chi connectivity index (χ1v) is 4.50. The summed E-state index contributed by atoms with van der Waals surface area (Å²) in [6.45, 7) is 3.41. The highest BCUT2D eigenvalue weighted by atomic mass is 35.5. The van der Waals surface area contributed by atoms with Gasteiger partial charge in [0.25, 0.3) is 0 Å². The topological polar surface area (TPSA) is 17.1 Å². The zero-order valence-electron chi connectivity index (χ0n) is 7.29. The Bertz CT molecular complexity index is 318. The fourth-order valence-electron chi connectivity index (χ4n) is 1.06. The van der Waals surface area contributed by atoms with Crippen LogP contribution in [0.3, 0.4) is 0 Å². The maximum atomic E-state index is 10.9. The Morgan fingerprint density at radius 2 is 2.31 bits per heavy atom. The van der Waals surface area contributed by atoms with Crippen LogP contribution in [-0.4, -0.2) is 5.78 Å². The van der Waals surface area contributed by atoms with E-state index >= 15 is 0 Å². The van der Waals surface area contributed by atoms with Gasteiger partial charge >= 0.3 is 0 Å². The molecule has 0 aliphatic heterocycles. The van der Waals surface area contributed by atoms with E-state index < -0.39 is 0 Å². The number of carbonyl (C=O) groups is 1. The maximum Gasteiger partial charge on any atom is 0.155 e. The number of ketones is 1. The zero-order chi connectivity index (χ0) is 9.68. The predicted octanol–water partition coefficient (Wildman–Crippen LogP) is 3.03. The van der Waals surface area contributed by atoms with Crippen LogP contribution in [0.4, 0.5) is 0 Å². The summed E-state index contributed by atoms with van der Waals surface area (Å²) in [5, 5.41) is 0.712. The van der Waals surface area contributed by atoms with Crippen molar-refractivity contribution in [1.29, 1.82) is 0 Å². The molecule has 0 radical (unpaired) electrons. The molecule has 1 rings (SSSR count). The highest BCUT2D eigenvalue weighted by Gasteiger charge is 1.98. The summed E-state index contributed by atoms with van der Waals surface area (Å²) < 4.78 is 0. The molecule has 1 nitrogen and oxygen atoms in total. The van der Waals surface area contributed by atoms with Gasteiger partial charge in [0.2, 0.25) is 0 Å². The van der Waals surface area contributed by atoms with Crippen molar-refractivity contribution in [3.8, 4) is 0 Å². The SMILES string of the molecule is C=CC(=O)CCc1cccc(Cl)c1. The second-order valence-electron chi connectivity index (χ2n) is 2.80. The lowest BCUT2D eigenvalue weighted by molar-refractivity contribution is -0.114. The van der Waals surface area contributed by atoms with Crippen molar-refractivity contribution in [1.82, 2.24) is 0 Å². The van der Waals surface area contributed by atoms with E-state index in [0.717, 1.165) is 12.0 Å². The average Bonchev–Trinajstić information content (AvgIpc) is 2.14. The fraction of sp³-hybridized carbons (Fsp3) is 0.182. The molecule has 13 heavy (non-hydrogen) atoms. The van der Waals surface area contributed by atoms with E-state index in [0.29, 0.717) is 11.4 Å². The van der Waals surface area contributed by atoms with Crippen LogP contribution >= 0.6 is 11.6 Å². The summed E-state index contributed by atoms with van der Waals surface area (Å²) in [6, 6.07) is 7.54. The van der Waals surface area contributed by atoms with E-state index in [1.165, 1.54) is 6.08 Å². The van der Waals surface area contributed by atoms with Gasteiger partial charge in [-0.15, -0.1) is 0 Å². The first kappa shape index (κ1) is 10.0. The zero-order valence-corrected chi connectivity index (χ0v) is 8.05. The standard InChI is InChI=1S/C11H11ClO/c1-2-11(13)7-6-9-4-3-5-10(12)8-9/h2-5,8H,1,6-7H2. The number of carbonyl (C=O) groups excluding carboxylic acids is 1. The van der Waals surface area contributed by atoms with Gasteiger partial charge < -0.3 is 0 Å². The van der Waals surface area contributed by atoms with Crippen LogP contribution in [0.5, 0.6) is 0 Å². The van der Waals surface area contributed by atoms with Crippen molar-refractivity contribution in [2.75, 3.05) is 0 Å². The van der Waals surface area contributed by atoms with Crippen LogP contribution in [0.2, 0.25) is 5.02 Å². The molecule has 2 heteroatoms. The molecule has 0 saturated carbocycles. The third-order valence-corrected chi connectivity index (χ3v) is 2.01. The fourth-order valence-corrected chi connectivity index (χ4v) is 1.27. The van der Waals surface area contributed by atoms with Gasteiger partial charge in [-0.25, -0.2) is 0 Å². The van der Waals surface area contributed by atoms with Crippen LogP contribution < -0.4 is 0 Å². The Labute approximate surface area is 83.0 Å². The summed E-state index contributed by atoms with van der Waals surface area (Å²) in [7, 11) is 0. The van der Waals surface area contributed by atoms with E-state index in [9.17, 15) is 4.79 Å². The van der Waals surface area contributed by atoms with Crippen molar-refractivity contribution in [2.24, 2.45) is 0 Å². The number of rotatable bonds is 4. The van der Waals surface area contributed by atoms with Crippen molar-refractivity contribution < 1.29 is 4.79 Å². The van der Waals surface area contributed by atoms with Gasteiger partial charge in [0.1, 0.15) is 0 Å². The molecule has 0 aliphatic carbocycles. The quantitative estimate of drug-likeness (QED) is 0.674. The number of hydrogen-bond acceptors (Lipinski definition) is 1. The molecule has 0 aliphatic rings. The number of allylic oxidation sites excluding steroid dienone is 1. The van der Waals surface area contributed by atoms with Crippen LogP contribution in [0.15, 0.2) is 36.9 Å². The molecule has 1 aromatic carbocycles. The minimum Gasteiger partial charge on any atom is -0.295 e. The van der Waals surface area contributed by atoms with Crippen LogP contribution in [0.25, 0.3) is 0 Å². The molecule has 1 aromatic rings. The van der Waals surface area contributed by atoms with Gasteiger partial charge in [-0.3, -0.25) is 4.79 Å². The highest BCUT2D eigenvalue weighted by molar-refractivity contribution is 6.30. The van der Waals surface area contributed by atoms with Crippen molar-refractivity contribution in [3.63, 3.8) is 0 Å². The summed E-state index contributed by atoms with van der Waals surface area (Å²) in [5.74, 6) is 0.0694. The summed E-state index contributed by atoms with van der Waals surface area (Å²) in [4.78, 5) is 10.9. The molecule has 0 unspecified atom stereocenters. The molecule has 0 heterocycles. The van der Waals surface area contributed by atoms with Crippen molar-refractivity contribution in [3.05, 3.63) is 47.5 Å². The van der Waals surface area contributed by atoms with Crippen LogP contribution in [-0.2, 0) is 11.2 Å². The Balaban J connectivity index is 2.54. The minimum absolute atomic E-state index is 0.0694. The van der Waals surface area contributed by atoms with E-state index in [1.54, 1.807) is 0 Å². The smallest absolute Gasteiger partial charge is 0.155 e. The van der Waals surface area contributed by atoms with Gasteiger partial charge in [0, 0.05) is 11.4 Å². The highest BCUT2D eigenvalue weighted by Crippen LogP contribution is 2.12. The van der Waals surface area contributed by atoms with E-state index in [2.05, 4.69) is 6.58 Å². The Hall–Kier alpha value is -1.08. The van der Waals surface area contributed by atoms with Gasteiger partial charge in [-0.1, -0.05) is 30.3 Å². The normalized spacial score (nSPS) is 9.62. The molecule has 0 saturated heterocycles. The van der Waals surface area contributed by atoms with Gasteiger partial charge in [0.05, 0.1) is 0 Å². The summed E-state index contributed by atoms with van der Waals surface area (Å²) in [6.07, 6.45) is 2.58. The van der Waals surface area contributed by atoms with E-state index in [-0.39, 0.29) is 5.78 Å². The number of benzene rings is 1. The molecule has 0 spiro atoms. The molecular formula is C11H11ClO. The third-order valence-electron chi connectivity index (χ3n) is 1.78. The Morgan fingerprint density at radius 1 is 1.54 bits per heavy atom. The lowest BCUT2D eigenvalue weighted by Crippen LogP contribution is -1.94. The van der Waals surface area contributed by atoms with Gasteiger partial charge in [-0.2, -0.15) is 0 Å². The predicted molar refractivity (Wildman–Crippen MR) is 55.0 cm³/mol. The van der Waals surface area contributed by atoms with Crippen LogP contribution in [0.1, 0.15) is 12.0 Å². The molecule has 0 amide bonds. The van der Waals surface area contributed by atoms with Gasteiger partial charge in [0.15, 0.2) is 5.78 Å². The lowest BCUT2D eigenvalue weighted by atomic mass is 10.1. The van der Waals surface area contributed by atoms with Gasteiger partial charge in [-0.05, 0) is 30.2 Å². The summed E-state index contributed by atoms with van der Waals surface area (Å²) >= 11 is 5.79. The second kappa shape index (κ2) is 4.83. The largest absolute Gasteiger partial charge is 0.295 e. The maximum absolute atomic E-state index is 10.9. The first-order valence-electron chi connectivity index (χ1n) is 4.12. The summed E-state index contributed by atoms with van der Waals surface area (Å²) in [5.41, 5.74) is 1.09. The minimum atomic E-state index is 0.0694. The molecule has 0 N–H and O–H groups in total. The molecule has 0 bridgehead atoms. The van der Waals surface area contributed by atoms with Crippen LogP contribution in [0, 0.1) is 0 Å². The molecule has 68 valence electrons. The Morgan fingerprint density at radius 3 is 2.92 bits per heavy atom. The first-order chi connectivity index (χ1) is 6.22. The third kappa shape index (κ3) is 3.43. The van der Waals surface area contributed by atoms with Crippen molar-refractivity contribution in [2.45, 2.75) is 12.8 Å². The van der Waals surface area contributed by atoms with E-state index in [4.69, 9.17) is 11.6 Å². The lowest BCUT2D eigenvalue weighted by Gasteiger charge is -1.98. The molecular weight excluding hydrogens is 184 g/mol. The monoisotopic (exact) mass is 194 g/mol. The van der Waals surface area contributed by atoms with Crippen molar-refractivity contribution >= 4 is 17.4 Å². The molecule has 0 fully saturated rings. The number of halogens is 1. The second-order valence-corrected chi connectivity index (χ2v) is 3.24. The average molecular weight is 195 g/mol. The number of aryl methyl sites for hydroxylation is 1. The molecule has 0 aromatic heterocycles. The molecule has 0 atom stereocenters. The number of hydrogen-bond donors (Lipinski definition) is 0. The van der Waals surface area contributed by atoms with E-state index in [1.807, 2.05) is 24.3 Å². The Kier molecular flexibility index (Phi) is 3.71.